The minimum absolute atomic E-state index is 0.490. The smallest absolute Gasteiger partial charge is 0.188 e. The van der Waals surface area contributed by atoms with Crippen molar-refractivity contribution in [3.05, 3.63) is 0 Å². The zero-order valence-corrected chi connectivity index (χ0v) is 10.6. The van der Waals surface area contributed by atoms with E-state index in [1.807, 2.05) is 0 Å². The zero-order valence-electron chi connectivity index (χ0n) is 10.6. The van der Waals surface area contributed by atoms with Crippen LogP contribution in [0.1, 0.15) is 13.8 Å². The van der Waals surface area contributed by atoms with Crippen LogP contribution in [0.4, 0.5) is 0 Å². The molecule has 1 fully saturated rings. The number of nitrogens with one attached hydrogen (secondary N) is 1. The molecular weight excluding hydrogens is 204 g/mol. The molecule has 1 rings (SSSR count). The van der Waals surface area contributed by atoms with E-state index in [1.54, 1.807) is 7.05 Å². The van der Waals surface area contributed by atoms with Crippen LogP contribution in [0.5, 0.6) is 0 Å². The van der Waals surface area contributed by atoms with Gasteiger partial charge in [-0.2, -0.15) is 0 Å². The van der Waals surface area contributed by atoms with Crippen LogP contribution < -0.4 is 11.1 Å². The second-order valence-electron chi connectivity index (χ2n) is 4.45. The highest BCUT2D eigenvalue weighted by atomic mass is 16.5. The number of morpholine rings is 1. The predicted molar refractivity (Wildman–Crippen MR) is 66.6 cm³/mol. The van der Waals surface area contributed by atoms with Crippen molar-refractivity contribution in [2.24, 2.45) is 16.6 Å². The summed E-state index contributed by atoms with van der Waals surface area (Å²) in [6.07, 6.45) is 0. The third-order valence-electron chi connectivity index (χ3n) is 3.02. The lowest BCUT2D eigenvalue weighted by atomic mass is 10.0. The average Bonchev–Trinajstić information content (AvgIpc) is 2.30. The molecule has 0 bridgehead atoms. The standard InChI is InChI=1S/C11H24N4O/c1-9(2)10(8-14-11(12)13-3)15-4-6-16-7-5-15/h9-10H,4-8H2,1-3H3,(H3,12,13,14)/t10-/m1/s1. The molecule has 0 aromatic rings. The van der Waals surface area contributed by atoms with Gasteiger partial charge in [0.1, 0.15) is 0 Å². The molecule has 3 N–H and O–H groups in total. The highest BCUT2D eigenvalue weighted by Gasteiger charge is 2.23. The SMILES string of the molecule is CN=C(N)NC[C@H](C(C)C)N1CCOCC1. The van der Waals surface area contributed by atoms with Gasteiger partial charge in [0.05, 0.1) is 13.2 Å². The number of hydrogen-bond donors (Lipinski definition) is 2. The Labute approximate surface area is 98.0 Å². The first-order valence-electron chi connectivity index (χ1n) is 5.93. The van der Waals surface area contributed by atoms with Gasteiger partial charge in [-0.05, 0) is 5.92 Å². The van der Waals surface area contributed by atoms with Crippen molar-refractivity contribution in [3.63, 3.8) is 0 Å². The number of nitrogens with two attached hydrogens (primary N) is 1. The number of hydrogen-bond acceptors (Lipinski definition) is 3. The zero-order chi connectivity index (χ0) is 12.0. The first kappa shape index (κ1) is 13.3. The lowest BCUT2D eigenvalue weighted by Gasteiger charge is -2.37. The number of aliphatic imine (C=N–C) groups is 1. The maximum atomic E-state index is 5.65. The van der Waals surface area contributed by atoms with Crippen LogP contribution in [0.2, 0.25) is 0 Å². The highest BCUT2D eigenvalue weighted by Crippen LogP contribution is 2.11. The van der Waals surface area contributed by atoms with Gasteiger partial charge in [-0.1, -0.05) is 13.8 Å². The Kier molecular flexibility index (Phi) is 5.55. The first-order chi connectivity index (χ1) is 7.65. The molecule has 0 aliphatic carbocycles. The quantitative estimate of drug-likeness (QED) is 0.520. The number of rotatable bonds is 4. The van der Waals surface area contributed by atoms with E-state index in [0.29, 0.717) is 17.9 Å². The van der Waals surface area contributed by atoms with Gasteiger partial charge in [0, 0.05) is 32.7 Å². The van der Waals surface area contributed by atoms with Crippen LogP contribution in [-0.2, 0) is 4.74 Å². The van der Waals surface area contributed by atoms with Gasteiger partial charge < -0.3 is 15.8 Å². The van der Waals surface area contributed by atoms with E-state index < -0.39 is 0 Å². The van der Waals surface area contributed by atoms with Crippen molar-refractivity contribution in [1.82, 2.24) is 10.2 Å². The summed E-state index contributed by atoms with van der Waals surface area (Å²) in [6.45, 7) is 9.01. The van der Waals surface area contributed by atoms with Crippen LogP contribution in [0.15, 0.2) is 4.99 Å². The van der Waals surface area contributed by atoms with Gasteiger partial charge in [0.25, 0.3) is 0 Å². The Morgan fingerprint density at radius 3 is 2.56 bits per heavy atom. The monoisotopic (exact) mass is 228 g/mol. The fraction of sp³-hybridized carbons (Fsp3) is 0.909. The molecule has 0 radical (unpaired) electrons. The normalized spacial score (nSPS) is 21.1. The molecule has 1 atom stereocenters. The highest BCUT2D eigenvalue weighted by molar-refractivity contribution is 5.77. The fourth-order valence-corrected chi connectivity index (χ4v) is 1.98. The topological polar surface area (TPSA) is 62.9 Å². The Bertz CT molecular complexity index is 224. The van der Waals surface area contributed by atoms with E-state index in [1.165, 1.54) is 0 Å². The van der Waals surface area contributed by atoms with Crippen LogP contribution in [0.25, 0.3) is 0 Å². The summed E-state index contributed by atoms with van der Waals surface area (Å²) in [4.78, 5) is 6.37. The lowest BCUT2D eigenvalue weighted by Crippen LogP contribution is -2.52. The van der Waals surface area contributed by atoms with E-state index in [-0.39, 0.29) is 0 Å². The summed E-state index contributed by atoms with van der Waals surface area (Å²) < 4.78 is 5.37. The minimum atomic E-state index is 0.490. The lowest BCUT2D eigenvalue weighted by molar-refractivity contribution is 0.00755. The summed E-state index contributed by atoms with van der Waals surface area (Å²) in [5.74, 6) is 1.11. The Morgan fingerprint density at radius 2 is 2.06 bits per heavy atom. The van der Waals surface area contributed by atoms with Gasteiger partial charge in [0.15, 0.2) is 5.96 Å². The van der Waals surface area contributed by atoms with Crippen molar-refractivity contribution >= 4 is 5.96 Å². The number of ether oxygens (including phenoxy) is 1. The molecule has 0 aromatic heterocycles. The third kappa shape index (κ3) is 3.98. The summed E-state index contributed by atoms with van der Waals surface area (Å²) in [5, 5.41) is 3.16. The maximum absolute atomic E-state index is 5.65. The van der Waals surface area contributed by atoms with Gasteiger partial charge >= 0.3 is 0 Å². The van der Waals surface area contributed by atoms with Gasteiger partial charge in [-0.3, -0.25) is 9.89 Å². The predicted octanol–water partition coefficient (Wildman–Crippen LogP) is -0.123. The summed E-state index contributed by atoms with van der Waals surface area (Å²) >= 11 is 0. The average molecular weight is 228 g/mol. The van der Waals surface area contributed by atoms with E-state index >= 15 is 0 Å². The molecule has 1 heterocycles. The van der Waals surface area contributed by atoms with Crippen LogP contribution in [0, 0.1) is 5.92 Å². The van der Waals surface area contributed by atoms with Crippen molar-refractivity contribution in [2.45, 2.75) is 19.9 Å². The largest absolute Gasteiger partial charge is 0.379 e. The second kappa shape index (κ2) is 6.70. The van der Waals surface area contributed by atoms with Crippen molar-refractivity contribution in [1.29, 1.82) is 0 Å². The Balaban J connectivity index is 2.46. The van der Waals surface area contributed by atoms with Gasteiger partial charge in [0.2, 0.25) is 0 Å². The molecule has 0 saturated carbocycles. The van der Waals surface area contributed by atoms with Crippen molar-refractivity contribution in [2.75, 3.05) is 39.9 Å². The third-order valence-corrected chi connectivity index (χ3v) is 3.02. The molecule has 1 saturated heterocycles. The molecule has 0 aromatic carbocycles. The maximum Gasteiger partial charge on any atom is 0.188 e. The van der Waals surface area contributed by atoms with Crippen LogP contribution in [0.3, 0.4) is 0 Å². The van der Waals surface area contributed by atoms with Crippen molar-refractivity contribution < 1.29 is 4.74 Å². The molecule has 5 nitrogen and oxygen atoms in total. The van der Waals surface area contributed by atoms with Crippen LogP contribution in [-0.4, -0.2) is 56.8 Å². The second-order valence-corrected chi connectivity index (χ2v) is 4.45. The van der Waals surface area contributed by atoms with E-state index in [0.717, 1.165) is 32.8 Å². The number of nitrogens with zero attached hydrogens (tertiary/aromatic N) is 2. The molecule has 94 valence electrons. The molecule has 0 amide bonds. The molecule has 0 unspecified atom stereocenters. The summed E-state index contributed by atoms with van der Waals surface area (Å²) in [5.41, 5.74) is 5.65. The van der Waals surface area contributed by atoms with Crippen LogP contribution >= 0.6 is 0 Å². The van der Waals surface area contributed by atoms with Crippen molar-refractivity contribution in [3.8, 4) is 0 Å². The van der Waals surface area contributed by atoms with E-state index in [9.17, 15) is 0 Å². The van der Waals surface area contributed by atoms with Gasteiger partial charge in [-0.15, -0.1) is 0 Å². The minimum Gasteiger partial charge on any atom is -0.379 e. The molecule has 1 aliphatic heterocycles. The molecule has 16 heavy (non-hydrogen) atoms. The Morgan fingerprint density at radius 1 is 1.44 bits per heavy atom. The first-order valence-corrected chi connectivity index (χ1v) is 5.93. The fourth-order valence-electron chi connectivity index (χ4n) is 1.98. The van der Waals surface area contributed by atoms with E-state index in [4.69, 9.17) is 10.5 Å². The van der Waals surface area contributed by atoms with Gasteiger partial charge in [-0.25, -0.2) is 0 Å². The molecular formula is C11H24N4O. The molecule has 1 aliphatic rings. The Hall–Kier alpha value is -0.810. The number of guanidine groups is 1. The molecule has 0 spiro atoms. The van der Waals surface area contributed by atoms with E-state index in [2.05, 4.69) is 29.1 Å². The summed E-state index contributed by atoms with van der Waals surface area (Å²) in [7, 11) is 1.70. The molecule has 5 heteroatoms. The summed E-state index contributed by atoms with van der Waals surface area (Å²) in [6, 6.07) is 0.490.